The van der Waals surface area contributed by atoms with E-state index in [0.717, 1.165) is 24.6 Å². The van der Waals surface area contributed by atoms with Gasteiger partial charge in [-0.2, -0.15) is 0 Å². The number of carbonyl (C=O) groups is 2. The number of furan rings is 1. The van der Waals surface area contributed by atoms with Crippen molar-refractivity contribution >= 4 is 22.8 Å². The van der Waals surface area contributed by atoms with Gasteiger partial charge in [0.15, 0.2) is 0 Å². The molecule has 2 heterocycles. The number of hydrogen-bond acceptors (Lipinski definition) is 4. The van der Waals surface area contributed by atoms with Crippen molar-refractivity contribution in [2.75, 3.05) is 19.6 Å². The van der Waals surface area contributed by atoms with Crippen molar-refractivity contribution in [3.63, 3.8) is 0 Å². The molecule has 2 amide bonds. The number of carbonyl (C=O) groups excluding carboxylic acids is 2. The molecule has 0 spiro atoms. The standard InChI is InChI=1S/C18H23N3O3/c19-9-8-17(22)20-11-13-5-3-4-10-21(13)18(23)15-12-24-16-7-2-1-6-14(15)16/h1-2,6-7,12-13H,3-5,8-11,19H2,(H,20,22). The summed E-state index contributed by atoms with van der Waals surface area (Å²) in [6.07, 6.45) is 4.78. The molecule has 1 fully saturated rings. The largest absolute Gasteiger partial charge is 0.463 e. The van der Waals surface area contributed by atoms with E-state index in [0.29, 0.717) is 37.2 Å². The fourth-order valence-corrected chi connectivity index (χ4v) is 3.23. The maximum absolute atomic E-state index is 13.0. The van der Waals surface area contributed by atoms with Crippen molar-refractivity contribution in [2.45, 2.75) is 31.7 Å². The van der Waals surface area contributed by atoms with Gasteiger partial charge < -0.3 is 20.4 Å². The number of amides is 2. The molecule has 3 N–H and O–H groups in total. The first-order valence-electron chi connectivity index (χ1n) is 8.44. The van der Waals surface area contributed by atoms with Gasteiger partial charge in [-0.25, -0.2) is 0 Å². The number of piperidine rings is 1. The van der Waals surface area contributed by atoms with E-state index in [-0.39, 0.29) is 17.9 Å². The Kier molecular flexibility index (Phi) is 5.15. The van der Waals surface area contributed by atoms with Crippen LogP contribution in [0, 0.1) is 0 Å². The second-order valence-corrected chi connectivity index (χ2v) is 6.14. The van der Waals surface area contributed by atoms with E-state index in [2.05, 4.69) is 5.32 Å². The van der Waals surface area contributed by atoms with Gasteiger partial charge in [0.1, 0.15) is 11.8 Å². The lowest BCUT2D eigenvalue weighted by Crippen LogP contribution is -2.49. The molecule has 6 nitrogen and oxygen atoms in total. The Morgan fingerprint density at radius 2 is 2.12 bits per heavy atom. The molecule has 1 aliphatic rings. The number of para-hydroxylation sites is 1. The van der Waals surface area contributed by atoms with E-state index < -0.39 is 0 Å². The van der Waals surface area contributed by atoms with Gasteiger partial charge in [0.2, 0.25) is 5.91 Å². The first-order chi connectivity index (χ1) is 11.7. The SMILES string of the molecule is NCCC(=O)NCC1CCCCN1C(=O)c1coc2ccccc12. The van der Waals surface area contributed by atoms with Crippen LogP contribution >= 0.6 is 0 Å². The molecule has 1 aromatic heterocycles. The van der Waals surface area contributed by atoms with Gasteiger partial charge in [-0.15, -0.1) is 0 Å². The van der Waals surface area contributed by atoms with Gasteiger partial charge in [0.05, 0.1) is 5.56 Å². The zero-order chi connectivity index (χ0) is 16.9. The van der Waals surface area contributed by atoms with Gasteiger partial charge in [0, 0.05) is 37.5 Å². The van der Waals surface area contributed by atoms with E-state index in [1.54, 1.807) is 0 Å². The van der Waals surface area contributed by atoms with Crippen molar-refractivity contribution in [1.82, 2.24) is 10.2 Å². The van der Waals surface area contributed by atoms with Crippen LogP contribution < -0.4 is 11.1 Å². The number of nitrogens with one attached hydrogen (secondary N) is 1. The number of likely N-dealkylation sites (tertiary alicyclic amines) is 1. The van der Waals surface area contributed by atoms with Crippen LogP contribution in [0.1, 0.15) is 36.0 Å². The number of nitrogens with zero attached hydrogens (tertiary/aromatic N) is 1. The van der Waals surface area contributed by atoms with Crippen LogP contribution in [0.25, 0.3) is 11.0 Å². The third kappa shape index (κ3) is 3.43. The molecule has 128 valence electrons. The van der Waals surface area contributed by atoms with Crippen molar-refractivity contribution in [1.29, 1.82) is 0 Å². The van der Waals surface area contributed by atoms with Gasteiger partial charge >= 0.3 is 0 Å². The molecule has 0 radical (unpaired) electrons. The average Bonchev–Trinajstić information content (AvgIpc) is 3.04. The molecule has 0 saturated carbocycles. The molecule has 0 aliphatic carbocycles. The number of rotatable bonds is 5. The highest BCUT2D eigenvalue weighted by Gasteiger charge is 2.29. The third-order valence-corrected chi connectivity index (χ3v) is 4.51. The zero-order valence-electron chi connectivity index (χ0n) is 13.7. The van der Waals surface area contributed by atoms with E-state index in [1.807, 2.05) is 29.2 Å². The van der Waals surface area contributed by atoms with Crippen molar-refractivity contribution < 1.29 is 14.0 Å². The van der Waals surface area contributed by atoms with Crippen LogP contribution in [0.5, 0.6) is 0 Å². The van der Waals surface area contributed by atoms with Crippen molar-refractivity contribution in [3.05, 3.63) is 36.1 Å². The smallest absolute Gasteiger partial charge is 0.258 e. The Hall–Kier alpha value is -2.34. The van der Waals surface area contributed by atoms with Gasteiger partial charge in [-0.3, -0.25) is 9.59 Å². The van der Waals surface area contributed by atoms with E-state index >= 15 is 0 Å². The quantitative estimate of drug-likeness (QED) is 0.877. The molecular formula is C18H23N3O3. The Morgan fingerprint density at radius 1 is 1.29 bits per heavy atom. The first-order valence-corrected chi connectivity index (χ1v) is 8.44. The van der Waals surface area contributed by atoms with E-state index in [9.17, 15) is 9.59 Å². The summed E-state index contributed by atoms with van der Waals surface area (Å²) in [5.41, 5.74) is 6.70. The van der Waals surface area contributed by atoms with Gasteiger partial charge in [-0.05, 0) is 25.3 Å². The Bertz CT molecular complexity index is 725. The lowest BCUT2D eigenvalue weighted by Gasteiger charge is -2.35. The van der Waals surface area contributed by atoms with Crippen LogP contribution in [-0.4, -0.2) is 42.4 Å². The summed E-state index contributed by atoms with van der Waals surface area (Å²) in [7, 11) is 0. The summed E-state index contributed by atoms with van der Waals surface area (Å²) in [4.78, 5) is 26.5. The molecule has 1 saturated heterocycles. The first kappa shape index (κ1) is 16.5. The molecule has 1 atom stereocenters. The van der Waals surface area contributed by atoms with Crippen LogP contribution in [0.4, 0.5) is 0 Å². The summed E-state index contributed by atoms with van der Waals surface area (Å²) in [6.45, 7) is 1.51. The van der Waals surface area contributed by atoms with E-state index in [1.165, 1.54) is 6.26 Å². The summed E-state index contributed by atoms with van der Waals surface area (Å²) in [5, 5.41) is 3.72. The molecule has 1 unspecified atom stereocenters. The number of nitrogens with two attached hydrogens (primary N) is 1. The third-order valence-electron chi connectivity index (χ3n) is 4.51. The van der Waals surface area contributed by atoms with Crippen LogP contribution in [0.3, 0.4) is 0 Å². The van der Waals surface area contributed by atoms with Crippen LogP contribution in [0.15, 0.2) is 34.9 Å². The highest BCUT2D eigenvalue weighted by Crippen LogP contribution is 2.25. The Morgan fingerprint density at radius 3 is 2.96 bits per heavy atom. The average molecular weight is 329 g/mol. The molecular weight excluding hydrogens is 306 g/mol. The minimum atomic E-state index is -0.0655. The lowest BCUT2D eigenvalue weighted by molar-refractivity contribution is -0.121. The molecule has 2 aromatic rings. The lowest BCUT2D eigenvalue weighted by atomic mass is 10.0. The number of hydrogen-bond donors (Lipinski definition) is 2. The second-order valence-electron chi connectivity index (χ2n) is 6.14. The maximum Gasteiger partial charge on any atom is 0.258 e. The second kappa shape index (κ2) is 7.49. The monoisotopic (exact) mass is 329 g/mol. The summed E-state index contributed by atoms with van der Waals surface area (Å²) >= 11 is 0. The van der Waals surface area contributed by atoms with E-state index in [4.69, 9.17) is 10.2 Å². The zero-order valence-corrected chi connectivity index (χ0v) is 13.7. The summed E-state index contributed by atoms with van der Waals surface area (Å²) in [5.74, 6) is -0.0954. The molecule has 1 aromatic carbocycles. The van der Waals surface area contributed by atoms with Crippen molar-refractivity contribution in [2.24, 2.45) is 5.73 Å². The topological polar surface area (TPSA) is 88.6 Å². The minimum absolute atomic E-state index is 0.0154. The number of benzene rings is 1. The highest BCUT2D eigenvalue weighted by atomic mass is 16.3. The Balaban J connectivity index is 1.75. The predicted molar refractivity (Wildman–Crippen MR) is 91.6 cm³/mol. The Labute approximate surface area is 141 Å². The fourth-order valence-electron chi connectivity index (χ4n) is 3.23. The molecule has 1 aliphatic heterocycles. The minimum Gasteiger partial charge on any atom is -0.463 e. The maximum atomic E-state index is 13.0. The summed E-state index contributed by atoms with van der Waals surface area (Å²) < 4.78 is 5.50. The highest BCUT2D eigenvalue weighted by molar-refractivity contribution is 6.06. The van der Waals surface area contributed by atoms with Gasteiger partial charge in [-0.1, -0.05) is 18.2 Å². The molecule has 24 heavy (non-hydrogen) atoms. The van der Waals surface area contributed by atoms with Crippen LogP contribution in [-0.2, 0) is 4.79 Å². The van der Waals surface area contributed by atoms with Gasteiger partial charge in [0.25, 0.3) is 5.91 Å². The normalized spacial score (nSPS) is 17.9. The van der Waals surface area contributed by atoms with Crippen molar-refractivity contribution in [3.8, 4) is 0 Å². The van der Waals surface area contributed by atoms with Crippen LogP contribution in [0.2, 0.25) is 0 Å². The summed E-state index contributed by atoms with van der Waals surface area (Å²) in [6, 6.07) is 7.55. The molecule has 0 bridgehead atoms. The number of fused-ring (bicyclic) bond motifs is 1. The molecule has 6 heteroatoms. The fraction of sp³-hybridized carbons (Fsp3) is 0.444. The molecule has 3 rings (SSSR count). The predicted octanol–water partition coefficient (Wildman–Crippen LogP) is 1.89.